The summed E-state index contributed by atoms with van der Waals surface area (Å²) in [5.74, 6) is 0.0771. The van der Waals surface area contributed by atoms with Crippen LogP contribution in [0.4, 0.5) is 5.69 Å². The van der Waals surface area contributed by atoms with Crippen molar-refractivity contribution in [3.05, 3.63) is 54.1 Å². The Balaban J connectivity index is 2.58. The molecular formula is C15H19ClN2O. The number of nitrogen functional groups attached to an aromatic ring is 1. The van der Waals surface area contributed by atoms with E-state index in [1.165, 1.54) is 0 Å². The molecular weight excluding hydrogens is 260 g/mol. The summed E-state index contributed by atoms with van der Waals surface area (Å²) in [7, 11) is 0. The minimum atomic E-state index is 0.0771. The Kier molecular flexibility index (Phi) is 6.16. The van der Waals surface area contributed by atoms with Crippen LogP contribution in [0, 0.1) is 0 Å². The number of hydrogen-bond acceptors (Lipinski definition) is 2. The van der Waals surface area contributed by atoms with Gasteiger partial charge in [-0.3, -0.25) is 4.79 Å². The highest BCUT2D eigenvalue weighted by Gasteiger charge is 2.10. The number of aryl methyl sites for hydroxylation is 1. The number of rotatable bonds is 7. The monoisotopic (exact) mass is 278 g/mol. The fourth-order valence-corrected chi connectivity index (χ4v) is 1.87. The molecule has 0 aromatic heterocycles. The second-order valence-corrected chi connectivity index (χ2v) is 4.64. The molecule has 0 aliphatic heterocycles. The number of benzene rings is 1. The van der Waals surface area contributed by atoms with Gasteiger partial charge < -0.3 is 10.6 Å². The van der Waals surface area contributed by atoms with Gasteiger partial charge in [-0.2, -0.15) is 0 Å². The zero-order valence-electron chi connectivity index (χ0n) is 10.9. The molecule has 0 saturated heterocycles. The summed E-state index contributed by atoms with van der Waals surface area (Å²) in [4.78, 5) is 13.7. The van der Waals surface area contributed by atoms with Crippen LogP contribution in [0.2, 0.25) is 5.02 Å². The van der Waals surface area contributed by atoms with Crippen molar-refractivity contribution in [3.63, 3.8) is 0 Å². The molecule has 0 saturated carbocycles. The third-order valence-electron chi connectivity index (χ3n) is 2.74. The summed E-state index contributed by atoms with van der Waals surface area (Å²) < 4.78 is 0. The minimum absolute atomic E-state index is 0.0771. The summed E-state index contributed by atoms with van der Waals surface area (Å²) in [5.41, 5.74) is 7.28. The van der Waals surface area contributed by atoms with Gasteiger partial charge in [0.15, 0.2) is 0 Å². The molecule has 3 nitrogen and oxygen atoms in total. The van der Waals surface area contributed by atoms with Crippen LogP contribution in [0.3, 0.4) is 0 Å². The molecule has 1 aromatic carbocycles. The highest BCUT2D eigenvalue weighted by Crippen LogP contribution is 2.20. The molecule has 0 bridgehead atoms. The quantitative estimate of drug-likeness (QED) is 0.615. The highest BCUT2D eigenvalue weighted by molar-refractivity contribution is 6.33. The number of halogens is 1. The number of anilines is 1. The molecule has 1 aromatic rings. The molecule has 0 aliphatic carbocycles. The van der Waals surface area contributed by atoms with Crippen LogP contribution >= 0.6 is 11.6 Å². The van der Waals surface area contributed by atoms with Gasteiger partial charge in [0, 0.05) is 19.5 Å². The minimum Gasteiger partial charge on any atom is -0.398 e. The predicted octanol–water partition coefficient (Wildman–Crippen LogP) is 3.06. The van der Waals surface area contributed by atoms with Crippen LogP contribution < -0.4 is 5.73 Å². The number of carbonyl (C=O) groups is 1. The van der Waals surface area contributed by atoms with Crippen LogP contribution in [0.25, 0.3) is 0 Å². The molecule has 0 spiro atoms. The highest BCUT2D eigenvalue weighted by atomic mass is 35.5. The average molecular weight is 279 g/mol. The van der Waals surface area contributed by atoms with Crippen molar-refractivity contribution < 1.29 is 4.79 Å². The molecule has 0 heterocycles. The molecule has 4 heteroatoms. The summed E-state index contributed by atoms with van der Waals surface area (Å²) in [6.07, 6.45) is 4.50. The largest absolute Gasteiger partial charge is 0.398 e. The predicted molar refractivity (Wildman–Crippen MR) is 81.2 cm³/mol. The van der Waals surface area contributed by atoms with E-state index < -0.39 is 0 Å². The van der Waals surface area contributed by atoms with Gasteiger partial charge in [-0.25, -0.2) is 0 Å². The summed E-state index contributed by atoms with van der Waals surface area (Å²) in [6, 6.07) is 5.44. The molecule has 0 aliphatic rings. The molecule has 0 atom stereocenters. The second-order valence-electron chi connectivity index (χ2n) is 4.23. The molecule has 19 heavy (non-hydrogen) atoms. The van der Waals surface area contributed by atoms with Crippen molar-refractivity contribution in [2.75, 3.05) is 18.8 Å². The lowest BCUT2D eigenvalue weighted by atomic mass is 10.1. The van der Waals surface area contributed by atoms with Gasteiger partial charge in [0.05, 0.1) is 10.7 Å². The van der Waals surface area contributed by atoms with Crippen LogP contribution in [0.1, 0.15) is 12.0 Å². The van der Waals surface area contributed by atoms with E-state index in [0.717, 1.165) is 5.56 Å². The Bertz CT molecular complexity index is 461. The van der Waals surface area contributed by atoms with Crippen LogP contribution in [0.15, 0.2) is 43.5 Å². The zero-order valence-corrected chi connectivity index (χ0v) is 11.7. The first kappa shape index (κ1) is 15.3. The summed E-state index contributed by atoms with van der Waals surface area (Å²) in [5, 5.41) is 0.537. The normalized spacial score (nSPS) is 9.95. The lowest BCUT2D eigenvalue weighted by molar-refractivity contribution is -0.130. The number of hydrogen-bond donors (Lipinski definition) is 1. The van der Waals surface area contributed by atoms with Crippen molar-refractivity contribution in [3.8, 4) is 0 Å². The first-order chi connectivity index (χ1) is 9.08. The first-order valence-electron chi connectivity index (χ1n) is 6.12. The molecule has 0 fully saturated rings. The molecule has 0 radical (unpaired) electrons. The Labute approximate surface area is 119 Å². The molecule has 1 amide bonds. The van der Waals surface area contributed by atoms with Crippen LogP contribution in [0.5, 0.6) is 0 Å². The summed E-state index contributed by atoms with van der Waals surface area (Å²) >= 11 is 5.85. The topological polar surface area (TPSA) is 46.3 Å². The van der Waals surface area contributed by atoms with E-state index in [1.54, 1.807) is 29.2 Å². The van der Waals surface area contributed by atoms with Crippen molar-refractivity contribution in [1.29, 1.82) is 0 Å². The van der Waals surface area contributed by atoms with Gasteiger partial charge >= 0.3 is 0 Å². The molecule has 1 rings (SSSR count). The van der Waals surface area contributed by atoms with Gasteiger partial charge in [-0.15, -0.1) is 13.2 Å². The van der Waals surface area contributed by atoms with Crippen molar-refractivity contribution in [2.24, 2.45) is 0 Å². The Morgan fingerprint density at radius 1 is 1.32 bits per heavy atom. The lowest BCUT2D eigenvalue weighted by Gasteiger charge is -2.19. The first-order valence-corrected chi connectivity index (χ1v) is 6.49. The fraction of sp³-hybridized carbons (Fsp3) is 0.267. The second kappa shape index (κ2) is 7.64. The third kappa shape index (κ3) is 4.79. The Morgan fingerprint density at radius 3 is 2.47 bits per heavy atom. The smallest absolute Gasteiger partial charge is 0.223 e. The van der Waals surface area contributed by atoms with Crippen LogP contribution in [-0.2, 0) is 11.2 Å². The van der Waals surface area contributed by atoms with Crippen molar-refractivity contribution in [1.82, 2.24) is 4.90 Å². The molecule has 0 unspecified atom stereocenters. The SMILES string of the molecule is C=CCN(CC=C)C(=O)CCc1ccc(Cl)c(N)c1. The molecule has 2 N–H and O–H groups in total. The Hall–Kier alpha value is -1.74. The van der Waals surface area contributed by atoms with Gasteiger partial charge in [-0.05, 0) is 24.1 Å². The number of nitrogens with zero attached hydrogens (tertiary/aromatic N) is 1. The number of nitrogens with two attached hydrogens (primary N) is 1. The average Bonchev–Trinajstić information content (AvgIpc) is 2.39. The maximum atomic E-state index is 12.0. The van der Waals surface area contributed by atoms with Crippen LogP contribution in [-0.4, -0.2) is 23.9 Å². The van der Waals surface area contributed by atoms with E-state index in [-0.39, 0.29) is 5.91 Å². The van der Waals surface area contributed by atoms with E-state index in [2.05, 4.69) is 13.2 Å². The molecule has 102 valence electrons. The number of carbonyl (C=O) groups excluding carboxylic acids is 1. The number of amides is 1. The van der Waals surface area contributed by atoms with Gasteiger partial charge in [-0.1, -0.05) is 29.8 Å². The van der Waals surface area contributed by atoms with Gasteiger partial charge in [0.2, 0.25) is 5.91 Å². The standard InChI is InChI=1S/C15H19ClN2O/c1-3-9-18(10-4-2)15(19)8-6-12-5-7-13(16)14(17)11-12/h3-5,7,11H,1-2,6,8-10,17H2. The van der Waals surface area contributed by atoms with E-state index in [4.69, 9.17) is 17.3 Å². The van der Waals surface area contributed by atoms with E-state index in [1.807, 2.05) is 6.07 Å². The van der Waals surface area contributed by atoms with E-state index in [9.17, 15) is 4.79 Å². The summed E-state index contributed by atoms with van der Waals surface area (Å²) in [6.45, 7) is 8.36. The third-order valence-corrected chi connectivity index (χ3v) is 3.08. The van der Waals surface area contributed by atoms with Crippen molar-refractivity contribution in [2.45, 2.75) is 12.8 Å². The fourth-order valence-electron chi connectivity index (χ4n) is 1.75. The maximum absolute atomic E-state index is 12.0. The van der Waals surface area contributed by atoms with E-state index >= 15 is 0 Å². The van der Waals surface area contributed by atoms with Crippen molar-refractivity contribution >= 4 is 23.2 Å². The van der Waals surface area contributed by atoms with Gasteiger partial charge in [0.1, 0.15) is 0 Å². The van der Waals surface area contributed by atoms with E-state index in [0.29, 0.717) is 36.6 Å². The zero-order chi connectivity index (χ0) is 14.3. The lowest BCUT2D eigenvalue weighted by Crippen LogP contribution is -2.31. The van der Waals surface area contributed by atoms with Gasteiger partial charge in [0.25, 0.3) is 0 Å². The Morgan fingerprint density at radius 2 is 1.95 bits per heavy atom. The maximum Gasteiger partial charge on any atom is 0.223 e.